The quantitative estimate of drug-likeness (QED) is 0.898. The molecular formula is C18H29N3. The number of hydrogen-bond acceptors (Lipinski definition) is 3. The van der Waals surface area contributed by atoms with E-state index in [9.17, 15) is 0 Å². The molecule has 1 atom stereocenters. The van der Waals surface area contributed by atoms with Crippen LogP contribution in [0.2, 0.25) is 0 Å². The van der Waals surface area contributed by atoms with Gasteiger partial charge in [0.15, 0.2) is 0 Å². The van der Waals surface area contributed by atoms with Gasteiger partial charge in [-0.05, 0) is 70.0 Å². The summed E-state index contributed by atoms with van der Waals surface area (Å²) in [6.45, 7) is 5.63. The molecule has 3 rings (SSSR count). The number of aryl methyl sites for hydroxylation is 1. The lowest BCUT2D eigenvalue weighted by Gasteiger charge is -2.37. The minimum Gasteiger partial charge on any atom is -0.370 e. The number of nitrogens with one attached hydrogen (secondary N) is 1. The summed E-state index contributed by atoms with van der Waals surface area (Å²) >= 11 is 0. The number of nitrogens with zero attached hydrogens (tertiary/aromatic N) is 2. The van der Waals surface area contributed by atoms with Crippen LogP contribution in [0.4, 0.5) is 5.69 Å². The summed E-state index contributed by atoms with van der Waals surface area (Å²) in [4.78, 5) is 4.92. The zero-order chi connectivity index (χ0) is 14.8. The Hall–Kier alpha value is -1.06. The van der Waals surface area contributed by atoms with Gasteiger partial charge in [-0.25, -0.2) is 0 Å². The maximum Gasteiger partial charge on any atom is 0.0369 e. The fourth-order valence-corrected chi connectivity index (χ4v) is 3.23. The van der Waals surface area contributed by atoms with Gasteiger partial charge in [0.2, 0.25) is 0 Å². The molecule has 1 aromatic carbocycles. The van der Waals surface area contributed by atoms with Crippen molar-refractivity contribution >= 4 is 5.69 Å². The van der Waals surface area contributed by atoms with Gasteiger partial charge in [0.25, 0.3) is 0 Å². The SMILES string of the molecule is Cc1cc(N2CCCC(N(C)C)C2)ccc1CNC1CC1. The molecule has 0 spiro atoms. The number of likely N-dealkylation sites (N-methyl/N-ethyl adjacent to an activating group) is 1. The van der Waals surface area contributed by atoms with Gasteiger partial charge in [-0.15, -0.1) is 0 Å². The van der Waals surface area contributed by atoms with Crippen LogP contribution in [0.1, 0.15) is 36.8 Å². The minimum absolute atomic E-state index is 0.690. The van der Waals surface area contributed by atoms with Gasteiger partial charge in [0, 0.05) is 37.4 Å². The molecule has 2 aliphatic rings. The monoisotopic (exact) mass is 287 g/mol. The maximum absolute atomic E-state index is 3.61. The summed E-state index contributed by atoms with van der Waals surface area (Å²) < 4.78 is 0. The Bertz CT molecular complexity index is 479. The van der Waals surface area contributed by atoms with Crippen LogP contribution >= 0.6 is 0 Å². The van der Waals surface area contributed by atoms with E-state index in [2.05, 4.69) is 54.3 Å². The van der Waals surface area contributed by atoms with E-state index in [1.54, 1.807) is 0 Å². The number of anilines is 1. The topological polar surface area (TPSA) is 18.5 Å². The summed E-state index contributed by atoms with van der Waals surface area (Å²) in [6, 6.07) is 8.48. The van der Waals surface area contributed by atoms with Crippen LogP contribution in [-0.4, -0.2) is 44.2 Å². The van der Waals surface area contributed by atoms with Gasteiger partial charge >= 0.3 is 0 Å². The van der Waals surface area contributed by atoms with Crippen molar-refractivity contribution < 1.29 is 0 Å². The molecule has 3 nitrogen and oxygen atoms in total. The Morgan fingerprint density at radius 1 is 1.24 bits per heavy atom. The molecule has 0 aromatic heterocycles. The zero-order valence-electron chi connectivity index (χ0n) is 13.7. The van der Waals surface area contributed by atoms with E-state index in [0.29, 0.717) is 6.04 Å². The van der Waals surface area contributed by atoms with E-state index in [1.807, 2.05) is 0 Å². The molecule has 1 aliphatic heterocycles. The Labute approximate surface area is 129 Å². The average Bonchev–Trinajstić information content (AvgIpc) is 3.30. The Morgan fingerprint density at radius 3 is 2.71 bits per heavy atom. The largest absolute Gasteiger partial charge is 0.370 e. The van der Waals surface area contributed by atoms with Crippen molar-refractivity contribution in [1.29, 1.82) is 0 Å². The van der Waals surface area contributed by atoms with Crippen molar-refractivity contribution in [1.82, 2.24) is 10.2 Å². The first kappa shape index (κ1) is 14.9. The highest BCUT2D eigenvalue weighted by atomic mass is 15.2. The molecule has 1 heterocycles. The van der Waals surface area contributed by atoms with Crippen molar-refractivity contribution in [3.05, 3.63) is 29.3 Å². The van der Waals surface area contributed by atoms with E-state index in [4.69, 9.17) is 0 Å². The van der Waals surface area contributed by atoms with E-state index >= 15 is 0 Å². The van der Waals surface area contributed by atoms with Crippen LogP contribution in [0.5, 0.6) is 0 Å². The molecule has 0 radical (unpaired) electrons. The molecule has 0 bridgehead atoms. The first-order chi connectivity index (χ1) is 10.1. The normalized spacial score (nSPS) is 22.9. The van der Waals surface area contributed by atoms with Crippen LogP contribution in [0.15, 0.2) is 18.2 Å². The highest BCUT2D eigenvalue weighted by Gasteiger charge is 2.22. The summed E-state index contributed by atoms with van der Waals surface area (Å²) in [5, 5.41) is 3.61. The second-order valence-corrected chi connectivity index (χ2v) is 6.97. The van der Waals surface area contributed by atoms with E-state index in [-0.39, 0.29) is 0 Å². The first-order valence-electron chi connectivity index (χ1n) is 8.38. The third-order valence-electron chi connectivity index (χ3n) is 4.98. The lowest BCUT2D eigenvalue weighted by molar-refractivity contribution is 0.258. The highest BCUT2D eigenvalue weighted by molar-refractivity contribution is 5.51. The Kier molecular flexibility index (Phi) is 4.51. The number of piperidine rings is 1. The van der Waals surface area contributed by atoms with Crippen molar-refractivity contribution in [2.24, 2.45) is 0 Å². The molecule has 1 aliphatic carbocycles. The van der Waals surface area contributed by atoms with Crippen LogP contribution in [-0.2, 0) is 6.54 Å². The summed E-state index contributed by atoms with van der Waals surface area (Å²) in [6.07, 6.45) is 5.34. The fourth-order valence-electron chi connectivity index (χ4n) is 3.23. The van der Waals surface area contributed by atoms with Crippen molar-refractivity contribution in [2.45, 2.75) is 51.2 Å². The smallest absolute Gasteiger partial charge is 0.0369 e. The van der Waals surface area contributed by atoms with Crippen molar-refractivity contribution in [3.8, 4) is 0 Å². The number of hydrogen-bond donors (Lipinski definition) is 1. The van der Waals surface area contributed by atoms with Crippen molar-refractivity contribution in [3.63, 3.8) is 0 Å². The molecular weight excluding hydrogens is 258 g/mol. The maximum atomic E-state index is 3.61. The van der Waals surface area contributed by atoms with E-state index in [0.717, 1.165) is 19.1 Å². The molecule has 0 amide bonds. The molecule has 1 aromatic rings. The standard InChI is InChI=1S/C18H29N3/c1-14-11-17(9-6-15(14)12-19-16-7-8-16)21-10-4-5-18(13-21)20(2)3/h6,9,11,16,18-19H,4-5,7-8,10,12-13H2,1-3H3. The van der Waals surface area contributed by atoms with E-state index < -0.39 is 0 Å². The fraction of sp³-hybridized carbons (Fsp3) is 0.667. The highest BCUT2D eigenvalue weighted by Crippen LogP contribution is 2.25. The van der Waals surface area contributed by atoms with Gasteiger partial charge in [-0.2, -0.15) is 0 Å². The molecule has 1 saturated heterocycles. The lowest BCUT2D eigenvalue weighted by Crippen LogP contribution is -2.45. The summed E-state index contributed by atoms with van der Waals surface area (Å²) in [5.41, 5.74) is 4.27. The number of benzene rings is 1. The van der Waals surface area contributed by atoms with Crippen LogP contribution in [0.25, 0.3) is 0 Å². The first-order valence-corrected chi connectivity index (χ1v) is 8.38. The Balaban J connectivity index is 1.65. The Morgan fingerprint density at radius 2 is 2.05 bits per heavy atom. The molecule has 116 valence electrons. The van der Waals surface area contributed by atoms with Crippen LogP contribution < -0.4 is 10.2 Å². The van der Waals surface area contributed by atoms with Gasteiger partial charge in [-0.1, -0.05) is 6.07 Å². The van der Waals surface area contributed by atoms with Crippen LogP contribution in [0, 0.1) is 6.92 Å². The second-order valence-electron chi connectivity index (χ2n) is 6.97. The van der Waals surface area contributed by atoms with E-state index in [1.165, 1.54) is 49.0 Å². The van der Waals surface area contributed by atoms with Gasteiger partial charge < -0.3 is 15.1 Å². The summed E-state index contributed by atoms with van der Waals surface area (Å²) in [7, 11) is 4.40. The minimum atomic E-state index is 0.690. The molecule has 1 saturated carbocycles. The van der Waals surface area contributed by atoms with Crippen LogP contribution in [0.3, 0.4) is 0 Å². The van der Waals surface area contributed by atoms with Crippen molar-refractivity contribution in [2.75, 3.05) is 32.1 Å². The zero-order valence-corrected chi connectivity index (χ0v) is 13.7. The third-order valence-corrected chi connectivity index (χ3v) is 4.98. The molecule has 3 heteroatoms. The number of rotatable bonds is 5. The third kappa shape index (κ3) is 3.78. The van der Waals surface area contributed by atoms with Gasteiger partial charge in [0.05, 0.1) is 0 Å². The van der Waals surface area contributed by atoms with Gasteiger partial charge in [0.1, 0.15) is 0 Å². The molecule has 1 unspecified atom stereocenters. The lowest BCUT2D eigenvalue weighted by atomic mass is 10.0. The molecule has 2 fully saturated rings. The second kappa shape index (κ2) is 6.37. The molecule has 21 heavy (non-hydrogen) atoms. The van der Waals surface area contributed by atoms with Gasteiger partial charge in [-0.3, -0.25) is 0 Å². The predicted octanol–water partition coefficient (Wildman–Crippen LogP) is 2.78. The predicted molar refractivity (Wildman–Crippen MR) is 90.0 cm³/mol. The summed E-state index contributed by atoms with van der Waals surface area (Å²) in [5.74, 6) is 0. The average molecular weight is 287 g/mol. The molecule has 1 N–H and O–H groups in total.